The largest absolute Gasteiger partial charge is 0.348 e. The molecule has 8 nitrogen and oxygen atoms in total. The summed E-state index contributed by atoms with van der Waals surface area (Å²) in [5.74, 6) is 0.682. The first-order chi connectivity index (χ1) is 14.7. The fourth-order valence-electron chi connectivity index (χ4n) is 4.54. The van der Waals surface area contributed by atoms with E-state index in [-0.39, 0.29) is 11.1 Å². The molecule has 1 N–H and O–H groups in total. The van der Waals surface area contributed by atoms with Crippen molar-refractivity contribution in [3.05, 3.63) is 30.9 Å². The van der Waals surface area contributed by atoms with Crippen LogP contribution in [0.4, 0.5) is 5.13 Å². The molecule has 1 saturated heterocycles. The lowest BCUT2D eigenvalue weighted by molar-refractivity contribution is 0.161. The molecule has 4 aromatic rings. The van der Waals surface area contributed by atoms with E-state index in [0.29, 0.717) is 11.9 Å². The average molecular weight is 455 g/mol. The molecular formula is C21H26N8S2. The van der Waals surface area contributed by atoms with Crippen LogP contribution in [0.2, 0.25) is 0 Å². The Hall–Kier alpha value is -2.43. The summed E-state index contributed by atoms with van der Waals surface area (Å²) >= 11 is 3.21. The number of nitrogens with zero attached hydrogens (tertiary/aromatic N) is 7. The van der Waals surface area contributed by atoms with Crippen molar-refractivity contribution in [2.45, 2.75) is 57.7 Å². The second kappa shape index (κ2) is 7.32. The van der Waals surface area contributed by atoms with E-state index < -0.39 is 0 Å². The van der Waals surface area contributed by atoms with Gasteiger partial charge >= 0.3 is 0 Å². The van der Waals surface area contributed by atoms with E-state index in [0.717, 1.165) is 38.3 Å². The normalized spacial score (nSPS) is 18.5. The van der Waals surface area contributed by atoms with Crippen LogP contribution in [0.3, 0.4) is 0 Å². The van der Waals surface area contributed by atoms with Gasteiger partial charge in [0, 0.05) is 36.6 Å². The summed E-state index contributed by atoms with van der Waals surface area (Å²) in [5.41, 5.74) is 0.951. The molecule has 4 aromatic heterocycles. The summed E-state index contributed by atoms with van der Waals surface area (Å²) < 4.78 is 1.68. The van der Waals surface area contributed by atoms with Gasteiger partial charge in [-0.15, -0.1) is 0 Å². The van der Waals surface area contributed by atoms with Crippen molar-refractivity contribution < 1.29 is 0 Å². The van der Waals surface area contributed by atoms with Crippen LogP contribution in [0, 0.1) is 0 Å². The quantitative estimate of drug-likeness (QED) is 0.496. The lowest BCUT2D eigenvalue weighted by atomic mass is 9.79. The first kappa shape index (κ1) is 20.5. The number of rotatable bonds is 4. The molecule has 1 aliphatic heterocycles. The Morgan fingerprint density at radius 3 is 2.39 bits per heavy atom. The van der Waals surface area contributed by atoms with Crippen molar-refractivity contribution in [2.75, 3.05) is 11.9 Å². The minimum Gasteiger partial charge on any atom is -0.348 e. The highest BCUT2D eigenvalue weighted by Gasteiger charge is 2.39. The number of thiazole rings is 2. The van der Waals surface area contributed by atoms with Gasteiger partial charge in [-0.05, 0) is 46.6 Å². The van der Waals surface area contributed by atoms with Crippen LogP contribution in [0.1, 0.15) is 40.5 Å². The molecule has 0 saturated carbocycles. The monoisotopic (exact) mass is 454 g/mol. The van der Waals surface area contributed by atoms with Crippen molar-refractivity contribution in [2.24, 2.45) is 0 Å². The fourth-order valence-corrected chi connectivity index (χ4v) is 6.58. The molecule has 0 spiro atoms. The van der Waals surface area contributed by atoms with Crippen molar-refractivity contribution >= 4 is 37.5 Å². The van der Waals surface area contributed by atoms with Gasteiger partial charge in [0.05, 0.1) is 12.4 Å². The number of anilines is 1. The second-order valence-electron chi connectivity index (χ2n) is 9.40. The standard InChI is InChI=1S/C21H26N8S2/c1-20(2)9-13(10-21(3,4)27-20)28(5)19-26-18-17(31-19)25-16(30-18)14-11-23-15(12-22-14)29-8-6-7-24-29/h6-8,11-13,27H,9-10H2,1-5H3. The number of nitrogens with one attached hydrogen (secondary N) is 1. The van der Waals surface area contributed by atoms with Crippen molar-refractivity contribution in [3.8, 4) is 16.5 Å². The van der Waals surface area contributed by atoms with Gasteiger partial charge in [-0.25, -0.2) is 24.6 Å². The molecule has 0 atom stereocenters. The number of aromatic nitrogens is 6. The average Bonchev–Trinajstić information content (AvgIpc) is 3.41. The number of hydrogen-bond donors (Lipinski definition) is 1. The zero-order valence-electron chi connectivity index (χ0n) is 18.3. The van der Waals surface area contributed by atoms with Crippen LogP contribution < -0.4 is 10.2 Å². The third-order valence-electron chi connectivity index (χ3n) is 5.58. The summed E-state index contributed by atoms with van der Waals surface area (Å²) in [6.07, 6.45) is 9.18. The number of piperidine rings is 1. The molecular weight excluding hydrogens is 428 g/mol. The topological polar surface area (TPSA) is 84.7 Å². The van der Waals surface area contributed by atoms with E-state index in [1.54, 1.807) is 45.9 Å². The smallest absolute Gasteiger partial charge is 0.188 e. The van der Waals surface area contributed by atoms with Crippen LogP contribution in [0.5, 0.6) is 0 Å². The van der Waals surface area contributed by atoms with Crippen molar-refractivity contribution in [1.29, 1.82) is 0 Å². The molecule has 5 rings (SSSR count). The first-order valence-corrected chi connectivity index (χ1v) is 11.9. The SMILES string of the molecule is CN(c1nc2sc(-c3cnc(-n4cccn4)cn3)nc2s1)C1CC(C)(C)NC(C)(C)C1. The number of hydrogen-bond acceptors (Lipinski definition) is 9. The van der Waals surface area contributed by atoms with Gasteiger partial charge in [-0.2, -0.15) is 5.10 Å². The molecule has 1 aliphatic rings. The zero-order valence-corrected chi connectivity index (χ0v) is 20.0. The third-order valence-corrected chi connectivity index (χ3v) is 7.72. The van der Waals surface area contributed by atoms with Gasteiger partial charge in [-0.3, -0.25) is 0 Å². The summed E-state index contributed by atoms with van der Waals surface area (Å²) in [5, 5.41) is 9.80. The maximum Gasteiger partial charge on any atom is 0.188 e. The van der Waals surface area contributed by atoms with Crippen LogP contribution in [0.15, 0.2) is 30.9 Å². The maximum atomic E-state index is 4.91. The van der Waals surface area contributed by atoms with Crippen LogP contribution in [-0.4, -0.2) is 53.9 Å². The van der Waals surface area contributed by atoms with Crippen molar-refractivity contribution in [1.82, 2.24) is 35.0 Å². The molecule has 10 heteroatoms. The second-order valence-corrected chi connectivity index (χ2v) is 11.3. The van der Waals surface area contributed by atoms with Crippen LogP contribution in [-0.2, 0) is 0 Å². The van der Waals surface area contributed by atoms with Crippen molar-refractivity contribution in [3.63, 3.8) is 0 Å². The highest BCUT2D eigenvalue weighted by molar-refractivity contribution is 7.29. The highest BCUT2D eigenvalue weighted by atomic mass is 32.1. The van der Waals surface area contributed by atoms with Gasteiger partial charge < -0.3 is 10.2 Å². The minimum absolute atomic E-state index is 0.0989. The third kappa shape index (κ3) is 4.07. The van der Waals surface area contributed by atoms with Crippen LogP contribution in [0.25, 0.3) is 26.2 Å². The van der Waals surface area contributed by atoms with Gasteiger partial charge in [0.15, 0.2) is 20.6 Å². The van der Waals surface area contributed by atoms with Gasteiger partial charge in [0.25, 0.3) is 0 Å². The highest BCUT2D eigenvalue weighted by Crippen LogP contribution is 2.38. The molecule has 1 fully saturated rings. The molecule has 0 aliphatic carbocycles. The molecule has 0 unspecified atom stereocenters. The predicted octanol–water partition coefficient (Wildman–Crippen LogP) is 4.14. The van der Waals surface area contributed by atoms with E-state index in [1.807, 2.05) is 12.3 Å². The van der Waals surface area contributed by atoms with Gasteiger partial charge in [0.1, 0.15) is 10.7 Å². The Kier molecular flexibility index (Phi) is 4.83. The summed E-state index contributed by atoms with van der Waals surface area (Å²) in [6, 6.07) is 2.29. The molecule has 0 bridgehead atoms. The Balaban J connectivity index is 1.37. The Morgan fingerprint density at radius 2 is 1.77 bits per heavy atom. The fraction of sp³-hybridized carbons (Fsp3) is 0.476. The number of fused-ring (bicyclic) bond motifs is 1. The predicted molar refractivity (Wildman–Crippen MR) is 126 cm³/mol. The first-order valence-electron chi connectivity index (χ1n) is 10.3. The Morgan fingerprint density at radius 1 is 1.03 bits per heavy atom. The molecule has 0 aromatic carbocycles. The van der Waals surface area contributed by atoms with Gasteiger partial charge in [-0.1, -0.05) is 22.7 Å². The molecule has 31 heavy (non-hydrogen) atoms. The Bertz CT molecular complexity index is 1140. The molecule has 0 radical (unpaired) electrons. The molecule has 5 heterocycles. The Labute approximate surface area is 189 Å². The van der Waals surface area contributed by atoms with E-state index >= 15 is 0 Å². The lowest BCUT2D eigenvalue weighted by Gasteiger charge is -2.48. The van der Waals surface area contributed by atoms with Gasteiger partial charge in [0.2, 0.25) is 0 Å². The summed E-state index contributed by atoms with van der Waals surface area (Å²) in [7, 11) is 2.16. The molecule has 162 valence electrons. The lowest BCUT2D eigenvalue weighted by Crippen LogP contribution is -2.61. The summed E-state index contributed by atoms with van der Waals surface area (Å²) in [4.78, 5) is 22.9. The van der Waals surface area contributed by atoms with E-state index in [2.05, 4.69) is 60.0 Å². The van der Waals surface area contributed by atoms with E-state index in [4.69, 9.17) is 9.97 Å². The maximum absolute atomic E-state index is 4.91. The van der Waals surface area contributed by atoms with E-state index in [1.165, 1.54) is 0 Å². The van der Waals surface area contributed by atoms with E-state index in [9.17, 15) is 0 Å². The summed E-state index contributed by atoms with van der Waals surface area (Å²) in [6.45, 7) is 9.12. The zero-order chi connectivity index (χ0) is 21.8. The molecule has 0 amide bonds. The van der Waals surface area contributed by atoms with Crippen LogP contribution >= 0.6 is 22.7 Å². The minimum atomic E-state index is 0.0989.